The number of fused-ring (bicyclic) bond motifs is 1. The number of carboxylic acids is 1. The van der Waals surface area contributed by atoms with Crippen molar-refractivity contribution in [1.82, 2.24) is 9.97 Å². The second kappa shape index (κ2) is 7.87. The second-order valence-corrected chi connectivity index (χ2v) is 7.74. The van der Waals surface area contributed by atoms with E-state index in [4.69, 9.17) is 0 Å². The van der Waals surface area contributed by atoms with Crippen LogP contribution in [0.5, 0.6) is 0 Å². The number of benzene rings is 1. The zero-order valence-electron chi connectivity index (χ0n) is 14.5. The number of hydrogen-bond donors (Lipinski definition) is 2. The summed E-state index contributed by atoms with van der Waals surface area (Å²) in [6, 6.07) is 4.55. The summed E-state index contributed by atoms with van der Waals surface area (Å²) in [6.45, 7) is 1.46. The Kier molecular flexibility index (Phi) is 5.66. The molecule has 0 aliphatic rings. The number of H-pyrrole nitrogens is 1. The van der Waals surface area contributed by atoms with Gasteiger partial charge in [0, 0.05) is 0 Å². The Bertz CT molecular complexity index is 1170. The van der Waals surface area contributed by atoms with E-state index in [-0.39, 0.29) is 37.3 Å². The van der Waals surface area contributed by atoms with Gasteiger partial charge in [-0.15, -0.1) is 11.3 Å². The third kappa shape index (κ3) is 4.43. The molecule has 0 bridgehead atoms. The van der Waals surface area contributed by atoms with Gasteiger partial charge in [-0.3, -0.25) is 9.59 Å². The molecule has 152 valence electrons. The van der Waals surface area contributed by atoms with E-state index in [2.05, 4.69) is 15.3 Å². The molecule has 12 heteroatoms. The number of carboxylic acid groups (broad SMARTS) is 1. The van der Waals surface area contributed by atoms with E-state index in [0.717, 1.165) is 35.2 Å². The van der Waals surface area contributed by atoms with Gasteiger partial charge < -0.3 is 20.2 Å². The monoisotopic (exact) mass is 442 g/mol. The molecular formula is C17H11F3N3O4S2-. The number of halogens is 3. The third-order valence-electron chi connectivity index (χ3n) is 3.81. The van der Waals surface area contributed by atoms with Crippen LogP contribution in [0.25, 0.3) is 10.2 Å². The number of thiophene rings is 1. The molecule has 0 fully saturated rings. The van der Waals surface area contributed by atoms with E-state index in [9.17, 15) is 32.7 Å². The Morgan fingerprint density at radius 2 is 2.00 bits per heavy atom. The maximum atomic E-state index is 13.0. The number of para-hydroxylation sites is 1. The molecule has 0 atom stereocenters. The summed E-state index contributed by atoms with van der Waals surface area (Å²) in [5.74, 6) is -2.48. The summed E-state index contributed by atoms with van der Waals surface area (Å²) in [6.07, 6.45) is -4.62. The summed E-state index contributed by atoms with van der Waals surface area (Å²) >= 11 is 1.57. The first kappa shape index (κ1) is 20.9. The first-order valence-corrected chi connectivity index (χ1v) is 9.71. The smallest absolute Gasteiger partial charge is 0.418 e. The Hall–Kier alpha value is -2.86. The molecule has 2 heterocycles. The fraction of sp³-hybridized carbons (Fsp3) is 0.176. The average Bonchev–Trinajstić information content (AvgIpc) is 2.97. The summed E-state index contributed by atoms with van der Waals surface area (Å²) in [4.78, 5) is 41.9. The van der Waals surface area contributed by atoms with Crippen molar-refractivity contribution in [2.45, 2.75) is 18.3 Å². The molecule has 7 nitrogen and oxygen atoms in total. The standard InChI is InChI=1S/C17H12F3N3O4S2/c1-7-11-13(25)22-16(23-14(11)29-12(7)15(26)27)28-6-10(24)21-9-5-3-2-4-8(9)17(18,19)20/h2-5H,6H2,1H3,(H,21,24)(H,26,27)(H,22,23,25)/p-1. The van der Waals surface area contributed by atoms with Crippen LogP contribution in [0.2, 0.25) is 0 Å². The maximum Gasteiger partial charge on any atom is 0.418 e. The summed E-state index contributed by atoms with van der Waals surface area (Å²) < 4.78 is 38.9. The number of nitrogens with zero attached hydrogens (tertiary/aromatic N) is 1. The highest BCUT2D eigenvalue weighted by Gasteiger charge is 2.33. The van der Waals surface area contributed by atoms with Gasteiger partial charge in [0.2, 0.25) is 5.91 Å². The van der Waals surface area contributed by atoms with Gasteiger partial charge in [0.05, 0.1) is 33.2 Å². The van der Waals surface area contributed by atoms with E-state index in [1.54, 1.807) is 0 Å². The minimum Gasteiger partial charge on any atom is -0.544 e. The third-order valence-corrected chi connectivity index (χ3v) is 5.85. The molecule has 0 aliphatic heterocycles. The number of thioether (sulfide) groups is 1. The van der Waals surface area contributed by atoms with E-state index in [1.807, 2.05) is 0 Å². The van der Waals surface area contributed by atoms with Crippen molar-refractivity contribution in [3.63, 3.8) is 0 Å². The lowest BCUT2D eigenvalue weighted by Crippen LogP contribution is -2.21. The van der Waals surface area contributed by atoms with Gasteiger partial charge in [0.15, 0.2) is 5.16 Å². The number of aromatic nitrogens is 2. The summed E-state index contributed by atoms with van der Waals surface area (Å²) in [5, 5.41) is 13.4. The number of aryl methyl sites for hydroxylation is 1. The maximum absolute atomic E-state index is 13.0. The molecule has 0 aliphatic carbocycles. The van der Waals surface area contributed by atoms with E-state index < -0.39 is 29.2 Å². The number of aromatic carboxylic acids is 1. The first-order valence-electron chi connectivity index (χ1n) is 7.91. The van der Waals surface area contributed by atoms with Crippen LogP contribution in [0.1, 0.15) is 20.8 Å². The number of rotatable bonds is 5. The number of amides is 1. The predicted octanol–water partition coefficient (Wildman–Crippen LogP) is 2.41. The molecule has 0 saturated heterocycles. The van der Waals surface area contributed by atoms with Crippen LogP contribution in [0.3, 0.4) is 0 Å². The molecule has 0 unspecified atom stereocenters. The largest absolute Gasteiger partial charge is 0.544 e. The molecule has 1 aromatic carbocycles. The van der Waals surface area contributed by atoms with Crippen LogP contribution in [0.4, 0.5) is 18.9 Å². The molecule has 0 spiro atoms. The molecule has 2 N–H and O–H groups in total. The normalized spacial score (nSPS) is 11.6. The second-order valence-electron chi connectivity index (χ2n) is 5.78. The number of anilines is 1. The lowest BCUT2D eigenvalue weighted by atomic mass is 10.1. The highest BCUT2D eigenvalue weighted by Crippen LogP contribution is 2.34. The van der Waals surface area contributed by atoms with Gasteiger partial charge in [-0.25, -0.2) is 4.98 Å². The fourth-order valence-electron chi connectivity index (χ4n) is 2.55. The molecule has 2 aromatic heterocycles. The molecule has 3 rings (SSSR count). The molecular weight excluding hydrogens is 431 g/mol. The minimum absolute atomic E-state index is 0.0351. The average molecular weight is 442 g/mol. The fourth-order valence-corrected chi connectivity index (χ4v) is 4.28. The van der Waals surface area contributed by atoms with Gasteiger partial charge in [0.1, 0.15) is 4.83 Å². The SMILES string of the molecule is Cc1c(C(=O)[O-])sc2nc(SCC(=O)Nc3ccccc3C(F)(F)F)[nH]c(=O)c12. The van der Waals surface area contributed by atoms with E-state index in [0.29, 0.717) is 0 Å². The van der Waals surface area contributed by atoms with E-state index >= 15 is 0 Å². The Labute approximate surface area is 169 Å². The number of carbonyl (C=O) groups excluding carboxylic acids is 2. The lowest BCUT2D eigenvalue weighted by Gasteiger charge is -2.13. The molecule has 1 amide bonds. The number of nitrogens with one attached hydrogen (secondary N) is 2. The van der Waals surface area contributed by atoms with Gasteiger partial charge in [-0.05, 0) is 24.6 Å². The zero-order chi connectivity index (χ0) is 21.3. The van der Waals surface area contributed by atoms with Crippen molar-refractivity contribution < 1.29 is 27.9 Å². The Morgan fingerprint density at radius 3 is 2.66 bits per heavy atom. The molecule has 0 radical (unpaired) electrons. The number of aromatic amines is 1. The topological polar surface area (TPSA) is 115 Å². The van der Waals surface area contributed by atoms with Crippen molar-refractivity contribution in [1.29, 1.82) is 0 Å². The van der Waals surface area contributed by atoms with E-state index in [1.165, 1.54) is 19.1 Å². The lowest BCUT2D eigenvalue weighted by molar-refractivity contribution is -0.254. The van der Waals surface area contributed by atoms with Gasteiger partial charge in [-0.2, -0.15) is 13.2 Å². The minimum atomic E-state index is -4.62. The number of carbonyl (C=O) groups is 2. The quantitative estimate of drug-likeness (QED) is 0.463. The van der Waals surface area contributed by atoms with Crippen LogP contribution in [-0.4, -0.2) is 27.6 Å². The Balaban J connectivity index is 1.77. The van der Waals surface area contributed by atoms with Crippen molar-refractivity contribution in [2.24, 2.45) is 0 Å². The zero-order valence-corrected chi connectivity index (χ0v) is 16.2. The predicted molar refractivity (Wildman–Crippen MR) is 100 cm³/mol. The Morgan fingerprint density at radius 1 is 1.31 bits per heavy atom. The van der Waals surface area contributed by atoms with Crippen molar-refractivity contribution in [2.75, 3.05) is 11.1 Å². The van der Waals surface area contributed by atoms with Crippen LogP contribution >= 0.6 is 23.1 Å². The van der Waals surface area contributed by atoms with Crippen LogP contribution < -0.4 is 16.0 Å². The highest BCUT2D eigenvalue weighted by molar-refractivity contribution is 7.99. The molecule has 3 aromatic rings. The van der Waals surface area contributed by atoms with Gasteiger partial charge in [-0.1, -0.05) is 23.9 Å². The number of hydrogen-bond acceptors (Lipinski definition) is 7. The first-order chi connectivity index (χ1) is 13.6. The van der Waals surface area contributed by atoms with Crippen LogP contribution in [-0.2, 0) is 11.0 Å². The van der Waals surface area contributed by atoms with Crippen LogP contribution in [0.15, 0.2) is 34.2 Å². The van der Waals surface area contributed by atoms with Gasteiger partial charge in [0.25, 0.3) is 5.56 Å². The molecule has 0 saturated carbocycles. The highest BCUT2D eigenvalue weighted by atomic mass is 32.2. The van der Waals surface area contributed by atoms with Crippen molar-refractivity contribution in [3.05, 3.63) is 50.6 Å². The summed E-state index contributed by atoms with van der Waals surface area (Å²) in [7, 11) is 0. The van der Waals surface area contributed by atoms with Crippen molar-refractivity contribution >= 4 is 50.9 Å². The van der Waals surface area contributed by atoms with Crippen molar-refractivity contribution in [3.8, 4) is 0 Å². The summed E-state index contributed by atoms with van der Waals surface area (Å²) in [5.41, 5.74) is -1.71. The molecule has 29 heavy (non-hydrogen) atoms. The number of alkyl halides is 3. The van der Waals surface area contributed by atoms with Gasteiger partial charge >= 0.3 is 6.18 Å². The van der Waals surface area contributed by atoms with Crippen LogP contribution in [0, 0.1) is 6.92 Å².